The van der Waals surface area contributed by atoms with Crippen molar-refractivity contribution in [2.45, 2.75) is 6.04 Å². The molecule has 1 heterocycles. The summed E-state index contributed by atoms with van der Waals surface area (Å²) in [6, 6.07) is 7.48. The summed E-state index contributed by atoms with van der Waals surface area (Å²) in [5, 5.41) is 12.2. The third kappa shape index (κ3) is 2.23. The van der Waals surface area contributed by atoms with Crippen molar-refractivity contribution in [1.82, 2.24) is 10.2 Å². The molecule has 1 aliphatic rings. The van der Waals surface area contributed by atoms with Crippen LogP contribution in [0.5, 0.6) is 0 Å². The van der Waals surface area contributed by atoms with E-state index in [9.17, 15) is 4.79 Å². The number of likely N-dealkylation sites (N-methyl/N-ethyl adjacent to an activating group) is 1. The Balaban J connectivity index is 2.17. The number of nitrogens with zero attached hydrogens (tertiary/aromatic N) is 1. The summed E-state index contributed by atoms with van der Waals surface area (Å²) in [5.74, 6) is -0.873. The van der Waals surface area contributed by atoms with Gasteiger partial charge >= 0.3 is 5.97 Å². The van der Waals surface area contributed by atoms with Gasteiger partial charge in [-0.3, -0.25) is 4.90 Å². The Morgan fingerprint density at radius 3 is 2.69 bits per heavy atom. The summed E-state index contributed by atoms with van der Waals surface area (Å²) in [6.45, 7) is 2.95. The Morgan fingerprint density at radius 2 is 2.12 bits per heavy atom. The molecule has 0 aliphatic carbocycles. The third-order valence-electron chi connectivity index (χ3n) is 3.05. The second kappa shape index (κ2) is 4.63. The summed E-state index contributed by atoms with van der Waals surface area (Å²) in [5.41, 5.74) is 1.51. The molecule has 4 nitrogen and oxygen atoms in total. The Morgan fingerprint density at radius 1 is 1.44 bits per heavy atom. The maximum absolute atomic E-state index is 10.7. The van der Waals surface area contributed by atoms with E-state index >= 15 is 0 Å². The van der Waals surface area contributed by atoms with Crippen LogP contribution in [0.25, 0.3) is 0 Å². The number of rotatable bonds is 2. The minimum absolute atomic E-state index is 0.343. The van der Waals surface area contributed by atoms with Gasteiger partial charge in [0.15, 0.2) is 0 Å². The van der Waals surface area contributed by atoms with Gasteiger partial charge in [-0.15, -0.1) is 0 Å². The summed E-state index contributed by atoms with van der Waals surface area (Å²) in [7, 11) is 2.09. The highest BCUT2D eigenvalue weighted by molar-refractivity contribution is 5.87. The second-order valence-electron chi connectivity index (χ2n) is 4.13. The van der Waals surface area contributed by atoms with Crippen molar-refractivity contribution in [2.24, 2.45) is 0 Å². The lowest BCUT2D eigenvalue weighted by Crippen LogP contribution is -2.43. The molecule has 1 unspecified atom stereocenters. The van der Waals surface area contributed by atoms with E-state index in [-0.39, 0.29) is 0 Å². The number of carboxylic acids is 1. The van der Waals surface area contributed by atoms with Crippen LogP contribution in [0.15, 0.2) is 24.3 Å². The molecular formula is C12H16N2O2. The van der Waals surface area contributed by atoms with Gasteiger partial charge < -0.3 is 10.4 Å². The molecule has 0 aromatic heterocycles. The molecule has 2 rings (SSSR count). The molecule has 1 aliphatic heterocycles. The van der Waals surface area contributed by atoms with Crippen LogP contribution in [0.4, 0.5) is 0 Å². The number of nitrogens with one attached hydrogen (secondary N) is 1. The van der Waals surface area contributed by atoms with Gasteiger partial charge in [-0.2, -0.15) is 0 Å². The quantitative estimate of drug-likeness (QED) is 0.779. The second-order valence-corrected chi connectivity index (χ2v) is 4.13. The lowest BCUT2D eigenvalue weighted by molar-refractivity contribution is 0.0697. The molecule has 2 N–H and O–H groups in total. The fraction of sp³-hybridized carbons (Fsp3) is 0.417. The molecule has 1 aromatic rings. The average Bonchev–Trinajstić information content (AvgIpc) is 2.30. The molecular weight excluding hydrogens is 204 g/mol. The lowest BCUT2D eigenvalue weighted by atomic mass is 10.0. The lowest BCUT2D eigenvalue weighted by Gasteiger charge is -2.33. The maximum Gasteiger partial charge on any atom is 0.335 e. The van der Waals surface area contributed by atoms with Crippen molar-refractivity contribution in [3.8, 4) is 0 Å². The Labute approximate surface area is 94.9 Å². The third-order valence-corrected chi connectivity index (χ3v) is 3.05. The highest BCUT2D eigenvalue weighted by Crippen LogP contribution is 2.20. The number of carboxylic acid groups (broad SMARTS) is 1. The van der Waals surface area contributed by atoms with Crippen LogP contribution in [-0.4, -0.2) is 42.7 Å². The first-order chi connectivity index (χ1) is 7.68. The summed E-state index contributed by atoms with van der Waals surface area (Å²) in [6.07, 6.45) is 0. The van der Waals surface area contributed by atoms with Crippen molar-refractivity contribution >= 4 is 5.97 Å². The van der Waals surface area contributed by atoms with Gasteiger partial charge in [0.1, 0.15) is 0 Å². The fourth-order valence-corrected chi connectivity index (χ4v) is 2.03. The van der Waals surface area contributed by atoms with Gasteiger partial charge in [-0.05, 0) is 24.7 Å². The van der Waals surface area contributed by atoms with Gasteiger partial charge in [-0.1, -0.05) is 12.1 Å². The van der Waals surface area contributed by atoms with Crippen LogP contribution >= 0.6 is 0 Å². The van der Waals surface area contributed by atoms with Gasteiger partial charge in [-0.25, -0.2) is 4.79 Å². The Hall–Kier alpha value is -1.39. The van der Waals surface area contributed by atoms with Gasteiger partial charge in [0, 0.05) is 25.7 Å². The van der Waals surface area contributed by atoms with Gasteiger partial charge in [0.2, 0.25) is 0 Å². The van der Waals surface area contributed by atoms with Crippen LogP contribution in [0.1, 0.15) is 22.0 Å². The van der Waals surface area contributed by atoms with E-state index in [0.717, 1.165) is 19.6 Å². The number of carbonyl (C=O) groups is 1. The van der Waals surface area contributed by atoms with Crippen LogP contribution in [0, 0.1) is 0 Å². The SMILES string of the molecule is CN1CCNCC1c1ccc(C(=O)O)cc1. The first-order valence-corrected chi connectivity index (χ1v) is 5.42. The van der Waals surface area contributed by atoms with Gasteiger partial charge in [0.05, 0.1) is 5.56 Å². The van der Waals surface area contributed by atoms with Crippen molar-refractivity contribution < 1.29 is 9.90 Å². The molecule has 0 bridgehead atoms. The van der Waals surface area contributed by atoms with Crippen LogP contribution in [-0.2, 0) is 0 Å². The van der Waals surface area contributed by atoms with Crippen molar-refractivity contribution in [3.63, 3.8) is 0 Å². The highest BCUT2D eigenvalue weighted by atomic mass is 16.4. The topological polar surface area (TPSA) is 52.6 Å². The molecule has 86 valence electrons. The van der Waals surface area contributed by atoms with E-state index < -0.39 is 5.97 Å². The normalized spacial score (nSPS) is 21.9. The predicted molar refractivity (Wildman–Crippen MR) is 61.6 cm³/mol. The fourth-order valence-electron chi connectivity index (χ4n) is 2.03. The van der Waals surface area contributed by atoms with Crippen LogP contribution in [0.3, 0.4) is 0 Å². The van der Waals surface area contributed by atoms with E-state index in [4.69, 9.17) is 5.11 Å². The monoisotopic (exact) mass is 220 g/mol. The summed E-state index contributed by atoms with van der Waals surface area (Å²) in [4.78, 5) is 13.0. The molecule has 1 atom stereocenters. The molecule has 0 spiro atoms. The summed E-state index contributed by atoms with van der Waals surface area (Å²) < 4.78 is 0. The molecule has 0 saturated carbocycles. The molecule has 1 fully saturated rings. The molecule has 1 saturated heterocycles. The molecule has 1 aromatic carbocycles. The zero-order chi connectivity index (χ0) is 11.5. The van der Waals surface area contributed by atoms with Crippen molar-refractivity contribution in [1.29, 1.82) is 0 Å². The largest absolute Gasteiger partial charge is 0.478 e. The number of benzene rings is 1. The molecule has 16 heavy (non-hydrogen) atoms. The number of hydrogen-bond acceptors (Lipinski definition) is 3. The van der Waals surface area contributed by atoms with E-state index in [1.807, 2.05) is 12.1 Å². The standard InChI is InChI=1S/C12H16N2O2/c1-14-7-6-13-8-11(14)9-2-4-10(5-3-9)12(15)16/h2-5,11,13H,6-8H2,1H3,(H,15,16). The average molecular weight is 220 g/mol. The van der Waals surface area contributed by atoms with E-state index in [1.165, 1.54) is 5.56 Å². The first kappa shape index (κ1) is 11.1. The first-order valence-electron chi connectivity index (χ1n) is 5.42. The Bertz CT molecular complexity index is 375. The van der Waals surface area contributed by atoms with E-state index in [2.05, 4.69) is 17.3 Å². The zero-order valence-electron chi connectivity index (χ0n) is 9.31. The minimum atomic E-state index is -0.873. The van der Waals surface area contributed by atoms with E-state index in [1.54, 1.807) is 12.1 Å². The number of aromatic carboxylic acids is 1. The maximum atomic E-state index is 10.7. The summed E-state index contributed by atoms with van der Waals surface area (Å²) >= 11 is 0. The highest BCUT2D eigenvalue weighted by Gasteiger charge is 2.20. The van der Waals surface area contributed by atoms with Crippen molar-refractivity contribution in [3.05, 3.63) is 35.4 Å². The minimum Gasteiger partial charge on any atom is -0.478 e. The Kier molecular flexibility index (Phi) is 3.22. The molecule has 0 amide bonds. The molecule has 4 heteroatoms. The predicted octanol–water partition coefficient (Wildman–Crippen LogP) is 0.961. The van der Waals surface area contributed by atoms with Gasteiger partial charge in [0.25, 0.3) is 0 Å². The number of hydrogen-bond donors (Lipinski definition) is 2. The smallest absolute Gasteiger partial charge is 0.335 e. The van der Waals surface area contributed by atoms with Crippen molar-refractivity contribution in [2.75, 3.05) is 26.7 Å². The zero-order valence-corrected chi connectivity index (χ0v) is 9.31. The number of piperazine rings is 1. The molecule has 0 radical (unpaired) electrons. The van der Waals surface area contributed by atoms with Crippen LogP contribution < -0.4 is 5.32 Å². The van der Waals surface area contributed by atoms with E-state index in [0.29, 0.717) is 11.6 Å². The van der Waals surface area contributed by atoms with Crippen LogP contribution in [0.2, 0.25) is 0 Å².